The van der Waals surface area contributed by atoms with E-state index in [-0.39, 0.29) is 17.6 Å². The third-order valence-corrected chi connectivity index (χ3v) is 3.06. The SMILES string of the molecule is NC(=S)COc1ccccc1NC(=O)NC1CCC1. The van der Waals surface area contributed by atoms with E-state index in [0.717, 1.165) is 12.8 Å². The van der Waals surface area contributed by atoms with Gasteiger partial charge in [-0.05, 0) is 31.4 Å². The van der Waals surface area contributed by atoms with Crippen molar-refractivity contribution >= 4 is 28.9 Å². The highest BCUT2D eigenvalue weighted by atomic mass is 32.1. The van der Waals surface area contributed by atoms with Crippen LogP contribution in [-0.2, 0) is 0 Å². The van der Waals surface area contributed by atoms with Gasteiger partial charge >= 0.3 is 6.03 Å². The van der Waals surface area contributed by atoms with Crippen LogP contribution in [0.2, 0.25) is 0 Å². The molecule has 0 aromatic heterocycles. The van der Waals surface area contributed by atoms with E-state index in [0.29, 0.717) is 17.5 Å². The normalized spacial score (nSPS) is 14.3. The molecule has 2 rings (SSSR count). The zero-order valence-corrected chi connectivity index (χ0v) is 11.3. The second kappa shape index (κ2) is 6.38. The van der Waals surface area contributed by atoms with Gasteiger partial charge in [0, 0.05) is 6.04 Å². The summed E-state index contributed by atoms with van der Waals surface area (Å²) in [4.78, 5) is 12.0. The number of thiocarbonyl (C=S) groups is 1. The number of ether oxygens (including phenoxy) is 1. The van der Waals surface area contributed by atoms with Crippen LogP contribution in [0.15, 0.2) is 24.3 Å². The molecule has 1 aliphatic rings. The molecular weight excluding hydrogens is 262 g/mol. The van der Waals surface area contributed by atoms with Gasteiger partial charge in [0.05, 0.1) is 5.69 Å². The van der Waals surface area contributed by atoms with E-state index >= 15 is 0 Å². The van der Waals surface area contributed by atoms with Crippen molar-refractivity contribution in [3.8, 4) is 5.75 Å². The predicted molar refractivity (Wildman–Crippen MR) is 78.5 cm³/mol. The van der Waals surface area contributed by atoms with Gasteiger partial charge in [0.25, 0.3) is 0 Å². The van der Waals surface area contributed by atoms with Crippen molar-refractivity contribution in [1.29, 1.82) is 0 Å². The van der Waals surface area contributed by atoms with Gasteiger partial charge < -0.3 is 21.1 Å². The quantitative estimate of drug-likeness (QED) is 0.721. The fourth-order valence-corrected chi connectivity index (χ4v) is 1.80. The van der Waals surface area contributed by atoms with E-state index in [4.69, 9.17) is 22.7 Å². The summed E-state index contributed by atoms with van der Waals surface area (Å²) in [7, 11) is 0. The molecule has 6 heteroatoms. The number of para-hydroxylation sites is 2. The van der Waals surface area contributed by atoms with Crippen LogP contribution in [0.25, 0.3) is 0 Å². The molecule has 4 N–H and O–H groups in total. The molecule has 5 nitrogen and oxygen atoms in total. The number of rotatable bonds is 5. The summed E-state index contributed by atoms with van der Waals surface area (Å²) < 4.78 is 5.44. The van der Waals surface area contributed by atoms with Crippen molar-refractivity contribution in [3.63, 3.8) is 0 Å². The lowest BCUT2D eigenvalue weighted by Gasteiger charge is -2.26. The first-order valence-corrected chi connectivity index (χ1v) is 6.63. The summed E-state index contributed by atoms with van der Waals surface area (Å²) in [6.07, 6.45) is 3.28. The number of nitrogens with two attached hydrogens (primary N) is 1. The number of urea groups is 1. The van der Waals surface area contributed by atoms with Gasteiger partial charge in [-0.3, -0.25) is 0 Å². The highest BCUT2D eigenvalue weighted by Crippen LogP contribution is 2.24. The monoisotopic (exact) mass is 279 g/mol. The molecule has 1 saturated carbocycles. The average Bonchev–Trinajstić information content (AvgIpc) is 2.33. The Kier molecular flexibility index (Phi) is 4.57. The van der Waals surface area contributed by atoms with Crippen LogP contribution < -0.4 is 21.1 Å². The minimum Gasteiger partial charge on any atom is -0.484 e. The van der Waals surface area contributed by atoms with E-state index in [1.807, 2.05) is 12.1 Å². The molecule has 0 spiro atoms. The van der Waals surface area contributed by atoms with Gasteiger partial charge in [0.1, 0.15) is 17.3 Å². The standard InChI is InChI=1S/C13H17N3O2S/c14-12(19)8-18-11-7-2-1-6-10(11)16-13(17)15-9-4-3-5-9/h1-2,6-7,9H,3-5,8H2,(H2,14,19)(H2,15,16,17). The molecule has 1 aromatic carbocycles. The van der Waals surface area contributed by atoms with Crippen LogP contribution in [-0.4, -0.2) is 23.7 Å². The first kappa shape index (κ1) is 13.6. The number of carbonyl (C=O) groups excluding carboxylic acids is 1. The van der Waals surface area contributed by atoms with Crippen LogP contribution in [0.5, 0.6) is 5.75 Å². The number of nitrogens with one attached hydrogen (secondary N) is 2. The minimum absolute atomic E-state index is 0.151. The smallest absolute Gasteiger partial charge is 0.319 e. The predicted octanol–water partition coefficient (Wildman–Crippen LogP) is 2.03. The third kappa shape index (κ3) is 4.10. The number of carbonyl (C=O) groups is 1. The Hall–Kier alpha value is -1.82. The molecule has 0 radical (unpaired) electrons. The molecule has 0 unspecified atom stereocenters. The number of hydrogen-bond donors (Lipinski definition) is 3. The summed E-state index contributed by atoms with van der Waals surface area (Å²) in [6.45, 7) is 0.151. The Bertz CT molecular complexity index is 475. The number of amides is 2. The van der Waals surface area contributed by atoms with E-state index in [9.17, 15) is 4.79 Å². The van der Waals surface area contributed by atoms with Crippen molar-refractivity contribution in [2.45, 2.75) is 25.3 Å². The second-order valence-electron chi connectivity index (χ2n) is 4.48. The molecule has 19 heavy (non-hydrogen) atoms. The van der Waals surface area contributed by atoms with Gasteiger partial charge in [-0.2, -0.15) is 0 Å². The van der Waals surface area contributed by atoms with E-state index in [1.54, 1.807) is 12.1 Å². The van der Waals surface area contributed by atoms with E-state index in [2.05, 4.69) is 10.6 Å². The maximum Gasteiger partial charge on any atom is 0.319 e. The molecule has 0 aliphatic heterocycles. The van der Waals surface area contributed by atoms with Crippen molar-refractivity contribution in [2.24, 2.45) is 5.73 Å². The van der Waals surface area contributed by atoms with E-state index in [1.165, 1.54) is 6.42 Å². The Morgan fingerprint density at radius 1 is 1.42 bits per heavy atom. The Morgan fingerprint density at radius 2 is 2.16 bits per heavy atom. The van der Waals surface area contributed by atoms with Crippen LogP contribution in [0.1, 0.15) is 19.3 Å². The van der Waals surface area contributed by atoms with Gasteiger partial charge in [-0.15, -0.1) is 0 Å². The van der Waals surface area contributed by atoms with Gasteiger partial charge in [-0.1, -0.05) is 24.4 Å². The lowest BCUT2D eigenvalue weighted by Crippen LogP contribution is -2.41. The van der Waals surface area contributed by atoms with Crippen LogP contribution in [0.4, 0.5) is 10.5 Å². The molecule has 1 fully saturated rings. The fraction of sp³-hybridized carbons (Fsp3) is 0.385. The van der Waals surface area contributed by atoms with Crippen molar-refractivity contribution in [2.75, 3.05) is 11.9 Å². The Balaban J connectivity index is 1.94. The fourth-order valence-electron chi connectivity index (χ4n) is 1.74. The Morgan fingerprint density at radius 3 is 2.79 bits per heavy atom. The topological polar surface area (TPSA) is 76.4 Å². The van der Waals surface area contributed by atoms with Crippen molar-refractivity contribution < 1.29 is 9.53 Å². The van der Waals surface area contributed by atoms with Crippen LogP contribution in [0, 0.1) is 0 Å². The minimum atomic E-state index is -0.212. The Labute approximate surface area is 117 Å². The molecule has 102 valence electrons. The molecule has 1 aliphatic carbocycles. The van der Waals surface area contributed by atoms with Crippen molar-refractivity contribution in [3.05, 3.63) is 24.3 Å². The van der Waals surface area contributed by atoms with Gasteiger partial charge in [0.15, 0.2) is 0 Å². The molecule has 0 heterocycles. The summed E-state index contributed by atoms with van der Waals surface area (Å²) in [5.41, 5.74) is 6.00. The molecule has 0 atom stereocenters. The maximum atomic E-state index is 11.8. The first-order chi connectivity index (χ1) is 9.15. The number of hydrogen-bond acceptors (Lipinski definition) is 3. The first-order valence-electron chi connectivity index (χ1n) is 6.23. The summed E-state index contributed by atoms with van der Waals surface area (Å²) in [6, 6.07) is 7.27. The van der Waals surface area contributed by atoms with Crippen LogP contribution in [0.3, 0.4) is 0 Å². The summed E-state index contributed by atoms with van der Waals surface area (Å²) in [5, 5.41) is 5.68. The summed E-state index contributed by atoms with van der Waals surface area (Å²) in [5.74, 6) is 0.555. The maximum absolute atomic E-state index is 11.8. The van der Waals surface area contributed by atoms with E-state index < -0.39 is 0 Å². The highest BCUT2D eigenvalue weighted by molar-refractivity contribution is 7.80. The third-order valence-electron chi connectivity index (χ3n) is 2.95. The molecule has 2 amide bonds. The number of benzene rings is 1. The van der Waals surface area contributed by atoms with Crippen LogP contribution >= 0.6 is 12.2 Å². The second-order valence-corrected chi connectivity index (χ2v) is 5.00. The van der Waals surface area contributed by atoms with Gasteiger partial charge in [0.2, 0.25) is 0 Å². The summed E-state index contributed by atoms with van der Waals surface area (Å²) >= 11 is 4.76. The zero-order chi connectivity index (χ0) is 13.7. The number of anilines is 1. The highest BCUT2D eigenvalue weighted by Gasteiger charge is 2.19. The van der Waals surface area contributed by atoms with Crippen molar-refractivity contribution in [1.82, 2.24) is 5.32 Å². The lowest BCUT2D eigenvalue weighted by molar-refractivity contribution is 0.240. The average molecular weight is 279 g/mol. The molecule has 0 bridgehead atoms. The zero-order valence-electron chi connectivity index (χ0n) is 10.5. The molecule has 1 aromatic rings. The lowest BCUT2D eigenvalue weighted by atomic mass is 9.93. The van der Waals surface area contributed by atoms with Gasteiger partial charge in [-0.25, -0.2) is 4.79 Å². The molecular formula is C13H17N3O2S. The molecule has 0 saturated heterocycles. The largest absolute Gasteiger partial charge is 0.484 e.